The van der Waals surface area contributed by atoms with Gasteiger partial charge in [-0.15, -0.1) is 0 Å². The van der Waals surface area contributed by atoms with Crippen molar-refractivity contribution in [3.05, 3.63) is 29.8 Å². The molecule has 22 heavy (non-hydrogen) atoms. The van der Waals surface area contributed by atoms with Crippen LogP contribution in [-0.2, 0) is 14.8 Å². The fraction of sp³-hybridized carbons (Fsp3) is 0.533. The van der Waals surface area contributed by atoms with Crippen molar-refractivity contribution in [2.45, 2.75) is 25.9 Å². The van der Waals surface area contributed by atoms with Crippen LogP contribution in [0.2, 0.25) is 0 Å². The lowest BCUT2D eigenvalue weighted by Gasteiger charge is -2.32. The van der Waals surface area contributed by atoms with Crippen molar-refractivity contribution >= 4 is 21.6 Å². The molecule has 1 heterocycles. The Labute approximate surface area is 131 Å². The first kappa shape index (κ1) is 16.8. The van der Waals surface area contributed by atoms with Crippen molar-refractivity contribution in [1.29, 1.82) is 0 Å². The molecule has 0 bridgehead atoms. The third kappa shape index (κ3) is 4.20. The first-order valence-electron chi connectivity index (χ1n) is 7.38. The van der Waals surface area contributed by atoms with E-state index in [0.717, 1.165) is 19.4 Å². The van der Waals surface area contributed by atoms with Gasteiger partial charge in [-0.3, -0.25) is 9.52 Å². The number of benzene rings is 1. The molecule has 0 radical (unpaired) electrons. The second kappa shape index (κ2) is 7.11. The number of carbonyl (C=O) groups is 1. The number of rotatable bonds is 5. The molecule has 1 aromatic carbocycles. The Morgan fingerprint density at radius 1 is 1.36 bits per heavy atom. The smallest absolute Gasteiger partial charge is 0.253 e. The molecule has 0 saturated carbocycles. The maximum Gasteiger partial charge on any atom is 0.253 e. The van der Waals surface area contributed by atoms with E-state index in [1.807, 2.05) is 0 Å². The number of nitrogens with one attached hydrogen (secondary N) is 1. The van der Waals surface area contributed by atoms with E-state index in [2.05, 4.69) is 4.72 Å². The molecule has 1 N–H and O–H groups in total. The minimum absolute atomic E-state index is 0.0138. The zero-order chi connectivity index (χ0) is 16.2. The van der Waals surface area contributed by atoms with Gasteiger partial charge in [-0.1, -0.05) is 0 Å². The molecule has 7 heteroatoms. The zero-order valence-corrected chi connectivity index (χ0v) is 13.7. The number of methoxy groups -OCH3 is 1. The molecule has 1 aliphatic rings. The fourth-order valence-corrected chi connectivity index (χ4v) is 3.07. The highest BCUT2D eigenvalue weighted by Crippen LogP contribution is 2.17. The van der Waals surface area contributed by atoms with E-state index in [0.29, 0.717) is 17.8 Å². The van der Waals surface area contributed by atoms with Gasteiger partial charge in [-0.05, 0) is 44.0 Å². The Morgan fingerprint density at radius 2 is 2.05 bits per heavy atom. The van der Waals surface area contributed by atoms with Crippen LogP contribution >= 0.6 is 0 Å². The minimum Gasteiger partial charge on any atom is -0.380 e. The summed E-state index contributed by atoms with van der Waals surface area (Å²) in [5.41, 5.74) is 1.02. The van der Waals surface area contributed by atoms with Gasteiger partial charge < -0.3 is 9.64 Å². The molecule has 1 aliphatic heterocycles. The predicted octanol–water partition coefficient (Wildman–Crippen LogP) is 1.70. The van der Waals surface area contributed by atoms with Crippen molar-refractivity contribution in [1.82, 2.24) is 4.90 Å². The van der Waals surface area contributed by atoms with E-state index < -0.39 is 10.0 Å². The molecular weight excluding hydrogens is 304 g/mol. The number of carbonyl (C=O) groups excluding carboxylic acids is 1. The Kier molecular flexibility index (Phi) is 5.42. The molecule has 0 unspecified atom stereocenters. The van der Waals surface area contributed by atoms with Crippen molar-refractivity contribution in [3.8, 4) is 0 Å². The van der Waals surface area contributed by atoms with Gasteiger partial charge in [0, 0.05) is 31.5 Å². The van der Waals surface area contributed by atoms with Crippen LogP contribution in [-0.4, -0.2) is 51.3 Å². The molecule has 1 saturated heterocycles. The number of piperidine rings is 1. The molecule has 1 fully saturated rings. The van der Waals surface area contributed by atoms with Crippen molar-refractivity contribution in [2.24, 2.45) is 0 Å². The molecule has 0 aliphatic carbocycles. The summed E-state index contributed by atoms with van der Waals surface area (Å²) in [6, 6.07) is 6.51. The van der Waals surface area contributed by atoms with E-state index in [9.17, 15) is 13.2 Å². The lowest BCUT2D eigenvalue weighted by Crippen LogP contribution is -2.42. The van der Waals surface area contributed by atoms with Crippen LogP contribution in [0.15, 0.2) is 24.3 Å². The van der Waals surface area contributed by atoms with Crippen LogP contribution in [0.1, 0.15) is 30.1 Å². The number of anilines is 1. The maximum atomic E-state index is 12.4. The third-order valence-corrected chi connectivity index (χ3v) is 5.09. The normalized spacial score (nSPS) is 19.0. The third-order valence-electron chi connectivity index (χ3n) is 3.78. The molecular formula is C15H22N2O4S. The number of likely N-dealkylation sites (tertiary alicyclic amines) is 1. The first-order valence-corrected chi connectivity index (χ1v) is 9.03. The maximum absolute atomic E-state index is 12.4. The number of hydrogen-bond acceptors (Lipinski definition) is 4. The summed E-state index contributed by atoms with van der Waals surface area (Å²) in [5, 5.41) is 0. The molecule has 1 aromatic rings. The molecule has 2 rings (SSSR count). The van der Waals surface area contributed by atoms with Crippen molar-refractivity contribution in [3.63, 3.8) is 0 Å². The number of amides is 1. The van der Waals surface area contributed by atoms with E-state index in [-0.39, 0.29) is 17.8 Å². The average Bonchev–Trinajstić information content (AvgIpc) is 2.54. The van der Waals surface area contributed by atoms with Crippen LogP contribution in [0.25, 0.3) is 0 Å². The van der Waals surface area contributed by atoms with Gasteiger partial charge in [0.05, 0.1) is 11.9 Å². The number of hydrogen-bond donors (Lipinski definition) is 1. The largest absolute Gasteiger partial charge is 0.380 e. The average molecular weight is 326 g/mol. The highest BCUT2D eigenvalue weighted by Gasteiger charge is 2.24. The van der Waals surface area contributed by atoms with Gasteiger partial charge in [-0.25, -0.2) is 8.42 Å². The lowest BCUT2D eigenvalue weighted by molar-refractivity contribution is 0.0269. The van der Waals surface area contributed by atoms with Gasteiger partial charge >= 0.3 is 0 Å². The highest BCUT2D eigenvalue weighted by atomic mass is 32.2. The van der Waals surface area contributed by atoms with Gasteiger partial charge in [0.15, 0.2) is 0 Å². The van der Waals surface area contributed by atoms with Gasteiger partial charge in [0.2, 0.25) is 10.0 Å². The van der Waals surface area contributed by atoms with Crippen LogP contribution < -0.4 is 4.72 Å². The molecule has 0 spiro atoms. The second-order valence-corrected chi connectivity index (χ2v) is 7.34. The summed E-state index contributed by atoms with van der Waals surface area (Å²) in [6.45, 7) is 2.89. The van der Waals surface area contributed by atoms with Crippen molar-refractivity contribution in [2.75, 3.05) is 30.7 Å². The molecule has 1 atom stereocenters. The first-order chi connectivity index (χ1) is 10.4. The minimum atomic E-state index is -3.30. The van der Waals surface area contributed by atoms with Crippen LogP contribution in [0.3, 0.4) is 0 Å². The van der Waals surface area contributed by atoms with Gasteiger partial charge in [-0.2, -0.15) is 0 Å². The molecule has 6 nitrogen and oxygen atoms in total. The second-order valence-electron chi connectivity index (χ2n) is 5.33. The van der Waals surface area contributed by atoms with E-state index in [1.54, 1.807) is 43.2 Å². The summed E-state index contributed by atoms with van der Waals surface area (Å²) in [5.74, 6) is -0.0356. The van der Waals surface area contributed by atoms with Crippen LogP contribution in [0.4, 0.5) is 5.69 Å². The van der Waals surface area contributed by atoms with E-state index in [4.69, 9.17) is 4.74 Å². The zero-order valence-electron chi connectivity index (χ0n) is 12.9. The summed E-state index contributed by atoms with van der Waals surface area (Å²) in [6.07, 6.45) is 1.99. The summed E-state index contributed by atoms with van der Waals surface area (Å²) >= 11 is 0. The summed E-state index contributed by atoms with van der Waals surface area (Å²) < 4.78 is 30.8. The lowest BCUT2D eigenvalue weighted by atomic mass is 10.1. The standard InChI is InChI=1S/C15H22N2O4S/c1-3-22(19,20)16-13-8-6-12(7-9-13)15(18)17-10-4-5-14(11-17)21-2/h6-9,14,16H,3-5,10-11H2,1-2H3/t14-/m0/s1. The summed E-state index contributed by atoms with van der Waals surface area (Å²) in [4.78, 5) is 14.2. The predicted molar refractivity (Wildman–Crippen MR) is 85.5 cm³/mol. The Morgan fingerprint density at radius 3 is 2.64 bits per heavy atom. The van der Waals surface area contributed by atoms with Crippen LogP contribution in [0, 0.1) is 0 Å². The monoisotopic (exact) mass is 326 g/mol. The fourth-order valence-electron chi connectivity index (χ4n) is 2.43. The Balaban J connectivity index is 2.05. The Hall–Kier alpha value is -1.60. The number of ether oxygens (including phenoxy) is 1. The number of sulfonamides is 1. The molecule has 0 aromatic heterocycles. The summed E-state index contributed by atoms with van der Waals surface area (Å²) in [7, 11) is -1.64. The van der Waals surface area contributed by atoms with E-state index in [1.165, 1.54) is 0 Å². The molecule has 1 amide bonds. The molecule has 122 valence electrons. The number of nitrogens with zero attached hydrogens (tertiary/aromatic N) is 1. The van der Waals surface area contributed by atoms with Gasteiger partial charge in [0.25, 0.3) is 5.91 Å². The van der Waals surface area contributed by atoms with Crippen molar-refractivity contribution < 1.29 is 17.9 Å². The highest BCUT2D eigenvalue weighted by molar-refractivity contribution is 7.92. The van der Waals surface area contributed by atoms with Crippen LogP contribution in [0.5, 0.6) is 0 Å². The van der Waals surface area contributed by atoms with Gasteiger partial charge in [0.1, 0.15) is 0 Å². The SMILES string of the molecule is CCS(=O)(=O)Nc1ccc(C(=O)N2CCC[C@H](OC)C2)cc1. The van der Waals surface area contributed by atoms with E-state index >= 15 is 0 Å². The Bertz CT molecular complexity index is 613. The topological polar surface area (TPSA) is 75.7 Å². The quantitative estimate of drug-likeness (QED) is 0.893.